The van der Waals surface area contributed by atoms with Gasteiger partial charge in [-0.2, -0.15) is 5.10 Å². The first-order chi connectivity index (χ1) is 20.2. The number of aromatic amines is 1. The lowest BCUT2D eigenvalue weighted by molar-refractivity contribution is -0.155. The van der Waals surface area contributed by atoms with E-state index in [0.717, 1.165) is 23.6 Å². The summed E-state index contributed by atoms with van der Waals surface area (Å²) in [5.74, 6) is -1.60. The van der Waals surface area contributed by atoms with Crippen molar-refractivity contribution >= 4 is 46.4 Å². The fraction of sp³-hybridized carbons (Fsp3) is 0.379. The number of esters is 1. The molecule has 9 N–H and O–H groups in total. The number of carbonyl (C=O) groups excluding carboxylic acids is 4. The number of amidine groups is 1. The van der Waals surface area contributed by atoms with E-state index in [-0.39, 0.29) is 31.6 Å². The molecule has 0 bridgehead atoms. The molecule has 0 spiro atoms. The van der Waals surface area contributed by atoms with E-state index >= 15 is 0 Å². The van der Waals surface area contributed by atoms with Crippen LogP contribution >= 0.6 is 0 Å². The number of nitrogens with one attached hydrogen (secondary N) is 5. The fourth-order valence-electron chi connectivity index (χ4n) is 4.39. The molecule has 0 aliphatic rings. The Morgan fingerprint density at radius 2 is 1.79 bits per heavy atom. The van der Waals surface area contributed by atoms with Crippen LogP contribution in [-0.4, -0.2) is 64.7 Å². The van der Waals surface area contributed by atoms with Crippen molar-refractivity contribution in [3.05, 3.63) is 59.2 Å². The third kappa shape index (κ3) is 9.18. The van der Waals surface area contributed by atoms with Crippen molar-refractivity contribution in [1.82, 2.24) is 26.1 Å². The third-order valence-electron chi connectivity index (χ3n) is 6.44. The number of benzene rings is 2. The number of methoxy groups -OCH3 is 1. The number of anilines is 1. The maximum atomic E-state index is 13.8. The molecule has 0 aliphatic heterocycles. The van der Waals surface area contributed by atoms with Crippen molar-refractivity contribution in [1.29, 1.82) is 5.41 Å². The molecule has 43 heavy (non-hydrogen) atoms. The van der Waals surface area contributed by atoms with Gasteiger partial charge >= 0.3 is 12.1 Å². The summed E-state index contributed by atoms with van der Waals surface area (Å²) in [4.78, 5) is 51.6. The number of amides is 3. The summed E-state index contributed by atoms with van der Waals surface area (Å²) in [6.07, 6.45) is -1.43. The highest BCUT2D eigenvalue weighted by molar-refractivity contribution is 5.96. The zero-order valence-corrected chi connectivity index (χ0v) is 24.6. The Balaban J connectivity index is 1.79. The molecule has 0 saturated carbocycles. The number of H-pyrrole nitrogens is 1. The van der Waals surface area contributed by atoms with E-state index in [1.54, 1.807) is 63.2 Å². The van der Waals surface area contributed by atoms with Crippen LogP contribution in [0.3, 0.4) is 0 Å². The average molecular weight is 595 g/mol. The molecule has 14 nitrogen and oxygen atoms in total. The number of ether oxygens (including phenoxy) is 2. The van der Waals surface area contributed by atoms with Crippen LogP contribution in [0, 0.1) is 5.41 Å². The van der Waals surface area contributed by atoms with Crippen LogP contribution in [-0.2, 0) is 36.8 Å². The highest BCUT2D eigenvalue weighted by atomic mass is 16.6. The Bertz CT molecular complexity index is 1510. The predicted molar refractivity (Wildman–Crippen MR) is 160 cm³/mol. The summed E-state index contributed by atoms with van der Waals surface area (Å²) in [6, 6.07) is 12.0. The summed E-state index contributed by atoms with van der Waals surface area (Å²) < 4.78 is 10.2. The lowest BCUT2D eigenvalue weighted by Crippen LogP contribution is -2.61. The number of alkyl carbamates (subject to hydrolysis) is 1. The lowest BCUT2D eigenvalue weighted by atomic mass is 9.84. The van der Waals surface area contributed by atoms with Crippen molar-refractivity contribution < 1.29 is 28.7 Å². The van der Waals surface area contributed by atoms with E-state index < -0.39 is 41.6 Å². The topological polar surface area (TPSA) is 227 Å². The van der Waals surface area contributed by atoms with Crippen molar-refractivity contribution in [2.45, 2.75) is 57.7 Å². The second-order valence-corrected chi connectivity index (χ2v) is 11.0. The molecule has 0 radical (unpaired) electrons. The van der Waals surface area contributed by atoms with Crippen molar-refractivity contribution in [2.75, 3.05) is 19.4 Å². The molecule has 230 valence electrons. The van der Waals surface area contributed by atoms with E-state index in [4.69, 9.17) is 26.4 Å². The number of nitrogen functional groups attached to an aromatic ring is 2. The predicted octanol–water partition coefficient (Wildman–Crippen LogP) is 1.62. The van der Waals surface area contributed by atoms with E-state index in [1.807, 2.05) is 0 Å². The van der Waals surface area contributed by atoms with E-state index in [1.165, 1.54) is 0 Å². The van der Waals surface area contributed by atoms with Gasteiger partial charge in [-0.25, -0.2) is 4.79 Å². The molecule has 0 aliphatic carbocycles. The number of hydrogen-bond donors (Lipinski definition) is 7. The molecule has 0 saturated heterocycles. The minimum absolute atomic E-state index is 0.104. The Labute approximate surface area is 248 Å². The Morgan fingerprint density at radius 1 is 1.05 bits per heavy atom. The lowest BCUT2D eigenvalue weighted by Gasteiger charge is -2.33. The van der Waals surface area contributed by atoms with Crippen LogP contribution in [0.25, 0.3) is 10.9 Å². The Morgan fingerprint density at radius 3 is 2.47 bits per heavy atom. The quantitative estimate of drug-likeness (QED) is 0.0916. The standard InChI is InChI=1S/C29H38N8O6/c1-28(2,3)43-23(39)10-11-29(35-27(41)42-4,14-17-6-5-7-19(12-17)24(30)31)26(40)34-16-22(38)33-15-18-8-9-20-21(13-18)36-37-25(20)32/h5-9,12-13H,10-11,14-16H2,1-4H3,(H3,30,31)(H,33,38)(H,34,40)(H,35,41)(H3,32,36,37)/t29-/m0/s1. The molecule has 0 unspecified atom stereocenters. The molecule has 0 fully saturated rings. The van der Waals surface area contributed by atoms with Crippen molar-refractivity contribution in [2.24, 2.45) is 5.73 Å². The Kier molecular flexibility index (Phi) is 10.3. The van der Waals surface area contributed by atoms with Crippen molar-refractivity contribution in [3.8, 4) is 0 Å². The number of nitrogens with two attached hydrogens (primary N) is 2. The van der Waals surface area contributed by atoms with Gasteiger partial charge in [-0.1, -0.05) is 24.3 Å². The largest absolute Gasteiger partial charge is 0.460 e. The first kappa shape index (κ1) is 32.4. The Hall–Kier alpha value is -5.14. The van der Waals surface area contributed by atoms with Gasteiger partial charge in [-0.15, -0.1) is 0 Å². The van der Waals surface area contributed by atoms with Crippen LogP contribution < -0.4 is 27.4 Å². The summed E-state index contributed by atoms with van der Waals surface area (Å²) in [5, 5.41) is 23.2. The smallest absolute Gasteiger partial charge is 0.407 e. The summed E-state index contributed by atoms with van der Waals surface area (Å²) in [6.45, 7) is 4.90. The normalized spacial score (nSPS) is 12.6. The molecule has 2 aromatic carbocycles. The summed E-state index contributed by atoms with van der Waals surface area (Å²) in [7, 11) is 1.14. The van der Waals surface area contributed by atoms with Crippen LogP contribution in [0.15, 0.2) is 42.5 Å². The summed E-state index contributed by atoms with van der Waals surface area (Å²) >= 11 is 0. The maximum Gasteiger partial charge on any atom is 0.407 e. The average Bonchev–Trinajstić information content (AvgIpc) is 3.32. The molecular weight excluding hydrogens is 556 g/mol. The van der Waals surface area contributed by atoms with E-state index in [2.05, 4.69) is 26.1 Å². The van der Waals surface area contributed by atoms with Gasteiger partial charge in [0.25, 0.3) is 0 Å². The zero-order valence-electron chi connectivity index (χ0n) is 24.6. The highest BCUT2D eigenvalue weighted by Gasteiger charge is 2.41. The van der Waals surface area contributed by atoms with Gasteiger partial charge in [0.2, 0.25) is 11.8 Å². The SMILES string of the molecule is COC(=O)N[C@@](CCC(=O)OC(C)(C)C)(Cc1cccc(C(=N)N)c1)C(=O)NCC(=O)NCc1ccc2c(N)n[nH]c2c1. The number of carbonyl (C=O) groups is 4. The maximum absolute atomic E-state index is 13.8. The first-order valence-electron chi connectivity index (χ1n) is 13.5. The molecule has 1 heterocycles. The second-order valence-electron chi connectivity index (χ2n) is 11.0. The number of nitrogens with zero attached hydrogens (tertiary/aromatic N) is 1. The van der Waals surface area contributed by atoms with Gasteiger partial charge in [-0.3, -0.25) is 24.9 Å². The fourth-order valence-corrected chi connectivity index (χ4v) is 4.39. The van der Waals surface area contributed by atoms with Gasteiger partial charge < -0.3 is 36.9 Å². The van der Waals surface area contributed by atoms with E-state index in [0.29, 0.717) is 16.9 Å². The molecule has 1 atom stereocenters. The number of hydrogen-bond acceptors (Lipinski definition) is 9. The minimum Gasteiger partial charge on any atom is -0.460 e. The summed E-state index contributed by atoms with van der Waals surface area (Å²) in [5.41, 5.74) is 11.4. The van der Waals surface area contributed by atoms with Crippen LogP contribution in [0.5, 0.6) is 0 Å². The zero-order chi connectivity index (χ0) is 31.8. The highest BCUT2D eigenvalue weighted by Crippen LogP contribution is 2.23. The second kappa shape index (κ2) is 13.7. The van der Waals surface area contributed by atoms with Gasteiger partial charge in [0.05, 0.1) is 19.2 Å². The van der Waals surface area contributed by atoms with Crippen LogP contribution in [0.1, 0.15) is 50.3 Å². The molecule has 3 aromatic rings. The molecule has 14 heteroatoms. The molecule has 3 amide bonds. The number of rotatable bonds is 12. The molecule has 1 aromatic heterocycles. The van der Waals surface area contributed by atoms with Crippen LogP contribution in [0.2, 0.25) is 0 Å². The van der Waals surface area contributed by atoms with Gasteiger partial charge in [-0.05, 0) is 56.5 Å². The van der Waals surface area contributed by atoms with Crippen molar-refractivity contribution in [3.63, 3.8) is 0 Å². The minimum atomic E-state index is -1.73. The number of fused-ring (bicyclic) bond motifs is 1. The van der Waals surface area contributed by atoms with Crippen LogP contribution in [0.4, 0.5) is 10.6 Å². The number of aromatic nitrogens is 2. The van der Waals surface area contributed by atoms with Gasteiger partial charge in [0.1, 0.15) is 17.0 Å². The van der Waals surface area contributed by atoms with Gasteiger partial charge in [0, 0.05) is 30.3 Å². The first-order valence-corrected chi connectivity index (χ1v) is 13.5. The molecule has 3 rings (SSSR count). The van der Waals surface area contributed by atoms with E-state index in [9.17, 15) is 19.2 Å². The molecular formula is C29H38N8O6. The third-order valence-corrected chi connectivity index (χ3v) is 6.44. The van der Waals surface area contributed by atoms with Gasteiger partial charge in [0.15, 0.2) is 5.82 Å². The monoisotopic (exact) mass is 594 g/mol.